The molecule has 2 aromatic carbocycles. The third-order valence-corrected chi connectivity index (χ3v) is 4.90. The number of thiocarbonyl (C=S) groups is 1. The Morgan fingerprint density at radius 2 is 1.65 bits per heavy atom. The van der Waals surface area contributed by atoms with Crippen molar-refractivity contribution in [1.29, 1.82) is 0 Å². The fourth-order valence-corrected chi connectivity index (χ4v) is 3.37. The Hall–Kier alpha value is -2.31. The number of piperazine rings is 1. The normalized spacial score (nSPS) is 14.8. The molecule has 1 aliphatic heterocycles. The first kappa shape index (κ1) is 18.5. The van der Waals surface area contributed by atoms with Gasteiger partial charge < -0.3 is 19.7 Å². The third kappa shape index (κ3) is 4.65. The molecule has 1 aliphatic rings. The van der Waals surface area contributed by atoms with Crippen molar-refractivity contribution in [3.63, 3.8) is 0 Å². The molecule has 3 rings (SSSR count). The van der Waals surface area contributed by atoms with Gasteiger partial charge in [0.15, 0.2) is 16.6 Å². The summed E-state index contributed by atoms with van der Waals surface area (Å²) in [6, 6.07) is 16.3. The fourth-order valence-electron chi connectivity index (χ4n) is 3.07. The van der Waals surface area contributed by atoms with E-state index in [1.165, 1.54) is 5.56 Å². The van der Waals surface area contributed by atoms with E-state index in [1.807, 2.05) is 18.2 Å². The van der Waals surface area contributed by atoms with Crippen molar-refractivity contribution in [1.82, 2.24) is 9.80 Å². The molecular formula is C20H25N3O2S. The maximum Gasteiger partial charge on any atom is 0.173 e. The van der Waals surface area contributed by atoms with Gasteiger partial charge in [0.2, 0.25) is 0 Å². The van der Waals surface area contributed by atoms with Gasteiger partial charge >= 0.3 is 0 Å². The number of anilines is 1. The topological polar surface area (TPSA) is 37.0 Å². The lowest BCUT2D eigenvalue weighted by Crippen LogP contribution is -2.49. The quantitative estimate of drug-likeness (QED) is 0.814. The van der Waals surface area contributed by atoms with E-state index in [-0.39, 0.29) is 0 Å². The van der Waals surface area contributed by atoms with E-state index < -0.39 is 0 Å². The molecule has 0 radical (unpaired) electrons. The molecule has 1 fully saturated rings. The minimum atomic E-state index is 0.688. The van der Waals surface area contributed by atoms with Crippen LogP contribution in [0.25, 0.3) is 0 Å². The third-order valence-electron chi connectivity index (χ3n) is 4.54. The van der Waals surface area contributed by atoms with Crippen LogP contribution in [0.3, 0.4) is 0 Å². The summed E-state index contributed by atoms with van der Waals surface area (Å²) < 4.78 is 10.6. The largest absolute Gasteiger partial charge is 0.493 e. The van der Waals surface area contributed by atoms with Crippen molar-refractivity contribution in [3.8, 4) is 11.5 Å². The van der Waals surface area contributed by atoms with Crippen molar-refractivity contribution >= 4 is 23.0 Å². The number of benzene rings is 2. The Balaban J connectivity index is 1.52. The molecule has 0 aromatic heterocycles. The molecule has 0 amide bonds. The second-order valence-electron chi connectivity index (χ2n) is 6.25. The summed E-state index contributed by atoms with van der Waals surface area (Å²) in [6.07, 6.45) is 0. The van der Waals surface area contributed by atoms with Crippen LogP contribution in [0.5, 0.6) is 11.5 Å². The molecule has 0 aliphatic carbocycles. The smallest absolute Gasteiger partial charge is 0.173 e. The molecule has 6 heteroatoms. The predicted molar refractivity (Wildman–Crippen MR) is 109 cm³/mol. The second kappa shape index (κ2) is 8.87. The molecule has 0 atom stereocenters. The lowest BCUT2D eigenvalue weighted by molar-refractivity contribution is 0.177. The maximum absolute atomic E-state index is 5.59. The Kier molecular flexibility index (Phi) is 6.30. The highest BCUT2D eigenvalue weighted by atomic mass is 32.1. The van der Waals surface area contributed by atoms with E-state index in [0.29, 0.717) is 11.5 Å². The SMILES string of the molecule is COc1ccc(NC(=S)N2CCN(Cc3ccccc3)CC2)cc1OC. The van der Waals surface area contributed by atoms with Crippen LogP contribution >= 0.6 is 12.2 Å². The van der Waals surface area contributed by atoms with Gasteiger partial charge in [-0.1, -0.05) is 30.3 Å². The fraction of sp³-hybridized carbons (Fsp3) is 0.350. The molecule has 138 valence electrons. The number of hydrogen-bond donors (Lipinski definition) is 1. The van der Waals surface area contributed by atoms with Crippen LogP contribution in [0.15, 0.2) is 48.5 Å². The summed E-state index contributed by atoms with van der Waals surface area (Å²) in [7, 11) is 3.26. The predicted octanol–water partition coefficient (Wildman–Crippen LogP) is 3.22. The van der Waals surface area contributed by atoms with E-state index in [2.05, 4.69) is 45.4 Å². The minimum absolute atomic E-state index is 0.688. The van der Waals surface area contributed by atoms with Crippen LogP contribution in [0, 0.1) is 0 Å². The molecule has 0 spiro atoms. The first-order valence-electron chi connectivity index (χ1n) is 8.74. The van der Waals surface area contributed by atoms with Gasteiger partial charge in [0.05, 0.1) is 14.2 Å². The zero-order valence-electron chi connectivity index (χ0n) is 15.3. The summed E-state index contributed by atoms with van der Waals surface area (Å²) in [5, 5.41) is 4.05. The van der Waals surface area contributed by atoms with E-state index in [4.69, 9.17) is 21.7 Å². The van der Waals surface area contributed by atoms with Crippen LogP contribution in [0.1, 0.15) is 5.56 Å². The lowest BCUT2D eigenvalue weighted by atomic mass is 10.2. The summed E-state index contributed by atoms with van der Waals surface area (Å²) in [4.78, 5) is 4.68. The molecular weight excluding hydrogens is 346 g/mol. The summed E-state index contributed by atoms with van der Waals surface area (Å²) in [5.41, 5.74) is 2.26. The van der Waals surface area contributed by atoms with E-state index in [0.717, 1.165) is 43.5 Å². The maximum atomic E-state index is 5.59. The highest BCUT2D eigenvalue weighted by Gasteiger charge is 2.19. The highest BCUT2D eigenvalue weighted by Crippen LogP contribution is 2.29. The number of rotatable bonds is 5. The Labute approximate surface area is 160 Å². The van der Waals surface area contributed by atoms with Crippen LogP contribution in [-0.4, -0.2) is 55.3 Å². The van der Waals surface area contributed by atoms with Crippen molar-refractivity contribution < 1.29 is 9.47 Å². The Morgan fingerprint density at radius 1 is 0.962 bits per heavy atom. The first-order valence-corrected chi connectivity index (χ1v) is 9.14. The average Bonchev–Trinajstić information content (AvgIpc) is 2.69. The summed E-state index contributed by atoms with van der Waals surface area (Å²) >= 11 is 5.59. The zero-order valence-corrected chi connectivity index (χ0v) is 16.1. The molecule has 1 saturated heterocycles. The van der Waals surface area contributed by atoms with Crippen molar-refractivity contribution in [2.24, 2.45) is 0 Å². The van der Waals surface area contributed by atoms with E-state index in [9.17, 15) is 0 Å². The molecule has 5 nitrogen and oxygen atoms in total. The molecule has 2 aromatic rings. The summed E-state index contributed by atoms with van der Waals surface area (Å²) in [5.74, 6) is 1.39. The Bertz CT molecular complexity index is 731. The lowest BCUT2D eigenvalue weighted by Gasteiger charge is -2.36. The van der Waals surface area contributed by atoms with E-state index >= 15 is 0 Å². The number of hydrogen-bond acceptors (Lipinski definition) is 4. The van der Waals surface area contributed by atoms with Gasteiger partial charge in [-0.15, -0.1) is 0 Å². The van der Waals surface area contributed by atoms with Crippen molar-refractivity contribution in [2.45, 2.75) is 6.54 Å². The Morgan fingerprint density at radius 3 is 2.31 bits per heavy atom. The number of nitrogens with zero attached hydrogens (tertiary/aromatic N) is 2. The molecule has 0 saturated carbocycles. The van der Waals surface area contributed by atoms with Crippen molar-refractivity contribution in [3.05, 3.63) is 54.1 Å². The summed E-state index contributed by atoms with van der Waals surface area (Å²) in [6.45, 7) is 4.84. The van der Waals surface area contributed by atoms with Gasteiger partial charge in [-0.25, -0.2) is 0 Å². The molecule has 1 heterocycles. The monoisotopic (exact) mass is 371 g/mol. The number of nitrogens with one attached hydrogen (secondary N) is 1. The van der Waals surface area contributed by atoms with Crippen LogP contribution in [0.2, 0.25) is 0 Å². The van der Waals surface area contributed by atoms with Gasteiger partial charge in [-0.05, 0) is 29.9 Å². The standard InChI is InChI=1S/C20H25N3O2S/c1-24-18-9-8-17(14-19(18)25-2)21-20(26)23-12-10-22(11-13-23)15-16-6-4-3-5-7-16/h3-9,14H,10-13,15H2,1-2H3,(H,21,26). The minimum Gasteiger partial charge on any atom is -0.493 e. The molecule has 0 bridgehead atoms. The molecule has 1 N–H and O–H groups in total. The molecule has 26 heavy (non-hydrogen) atoms. The number of methoxy groups -OCH3 is 2. The van der Waals surface area contributed by atoms with Crippen LogP contribution in [0.4, 0.5) is 5.69 Å². The zero-order chi connectivity index (χ0) is 18.4. The van der Waals surface area contributed by atoms with Gasteiger partial charge in [0.1, 0.15) is 0 Å². The van der Waals surface area contributed by atoms with Crippen LogP contribution in [-0.2, 0) is 6.54 Å². The van der Waals surface area contributed by atoms with Crippen molar-refractivity contribution in [2.75, 3.05) is 45.7 Å². The first-order chi connectivity index (χ1) is 12.7. The highest BCUT2D eigenvalue weighted by molar-refractivity contribution is 7.80. The van der Waals surface area contributed by atoms with Gasteiger partial charge in [-0.3, -0.25) is 4.90 Å². The average molecular weight is 372 g/mol. The molecule has 0 unspecified atom stereocenters. The van der Waals surface area contributed by atoms with Gasteiger partial charge in [-0.2, -0.15) is 0 Å². The van der Waals surface area contributed by atoms with Gasteiger partial charge in [0, 0.05) is 44.5 Å². The second-order valence-corrected chi connectivity index (χ2v) is 6.64. The van der Waals surface area contributed by atoms with Crippen LogP contribution < -0.4 is 14.8 Å². The van der Waals surface area contributed by atoms with E-state index in [1.54, 1.807) is 14.2 Å². The number of ether oxygens (including phenoxy) is 2. The van der Waals surface area contributed by atoms with Gasteiger partial charge in [0.25, 0.3) is 0 Å².